The van der Waals surface area contributed by atoms with Crippen LogP contribution in [0, 0.1) is 0 Å². The van der Waals surface area contributed by atoms with Gasteiger partial charge in [0, 0.05) is 0 Å². The lowest BCUT2D eigenvalue weighted by molar-refractivity contribution is -0.146. The Balaban J connectivity index is 4.75. The molecule has 0 aliphatic heterocycles. The third-order valence-electron chi connectivity index (χ3n) is 2.25. The number of ether oxygens (including phenoxy) is 1. The van der Waals surface area contributed by atoms with Crippen molar-refractivity contribution in [1.82, 2.24) is 0 Å². The summed E-state index contributed by atoms with van der Waals surface area (Å²) in [6.45, 7) is 3.72. The molecule has 0 radical (unpaired) electrons. The molecular formula is C8H16BrO3P. The molecule has 1 unspecified atom stereocenters. The second-order valence-electron chi connectivity index (χ2n) is 2.78. The van der Waals surface area contributed by atoms with E-state index in [0.29, 0.717) is 19.4 Å². The van der Waals surface area contributed by atoms with Crippen molar-refractivity contribution < 1.29 is 14.1 Å². The molecular weight excluding hydrogens is 255 g/mol. The Kier molecular flexibility index (Phi) is 5.90. The minimum atomic E-state index is -2.07. The maximum Gasteiger partial charge on any atom is 0.320 e. The van der Waals surface area contributed by atoms with Crippen LogP contribution in [-0.4, -0.2) is 17.7 Å². The van der Waals surface area contributed by atoms with Crippen LogP contribution in [0.1, 0.15) is 33.6 Å². The average molecular weight is 271 g/mol. The summed E-state index contributed by atoms with van der Waals surface area (Å²) in [5.41, 5.74) is 0. The van der Waals surface area contributed by atoms with Crippen molar-refractivity contribution in [3.8, 4) is 0 Å². The fraction of sp³-hybridized carbons (Fsp3) is 0.875. The number of hydrogen-bond donors (Lipinski definition) is 0. The first-order valence-electron chi connectivity index (χ1n) is 4.42. The van der Waals surface area contributed by atoms with Crippen LogP contribution < -0.4 is 0 Å². The minimum Gasteiger partial charge on any atom is -0.465 e. The van der Waals surface area contributed by atoms with Gasteiger partial charge in [-0.15, -0.1) is 0 Å². The molecule has 3 nitrogen and oxygen atoms in total. The Bertz CT molecular complexity index is 202. The largest absolute Gasteiger partial charge is 0.465 e. The molecule has 0 aromatic carbocycles. The van der Waals surface area contributed by atoms with E-state index in [0.717, 1.165) is 0 Å². The van der Waals surface area contributed by atoms with Gasteiger partial charge in [-0.3, -0.25) is 4.79 Å². The molecule has 13 heavy (non-hydrogen) atoms. The van der Waals surface area contributed by atoms with Crippen LogP contribution in [0.3, 0.4) is 0 Å². The summed E-state index contributed by atoms with van der Waals surface area (Å²) in [5, 5.41) is -0.805. The monoisotopic (exact) mass is 270 g/mol. The fourth-order valence-electron chi connectivity index (χ4n) is 1.17. The lowest BCUT2D eigenvalue weighted by Crippen LogP contribution is -2.34. The predicted molar refractivity (Wildman–Crippen MR) is 57.9 cm³/mol. The molecule has 0 amide bonds. The quantitative estimate of drug-likeness (QED) is 0.570. The molecule has 0 aromatic heterocycles. The highest BCUT2D eigenvalue weighted by molar-refractivity contribution is 9.38. The second-order valence-corrected chi connectivity index (χ2v) is 6.45. The second kappa shape index (κ2) is 5.82. The Hall–Kier alpha value is 0.180. The van der Waals surface area contributed by atoms with Gasteiger partial charge in [-0.2, -0.15) is 0 Å². The smallest absolute Gasteiger partial charge is 0.320 e. The standard InChI is InChI=1S/C8H16BrO3P/c1-4-8(5-2,13(9)11)7(10)12-6-3/h13H,4-6H2,1-3H3. The Labute approximate surface area is 87.8 Å². The lowest BCUT2D eigenvalue weighted by Gasteiger charge is -2.25. The Morgan fingerprint density at radius 1 is 1.38 bits per heavy atom. The highest BCUT2D eigenvalue weighted by atomic mass is 79.9. The summed E-state index contributed by atoms with van der Waals surface area (Å²) in [5.74, 6) is -0.347. The number of halogens is 1. The van der Waals surface area contributed by atoms with Crippen molar-refractivity contribution in [3.05, 3.63) is 0 Å². The van der Waals surface area contributed by atoms with Gasteiger partial charge < -0.3 is 9.30 Å². The molecule has 0 aliphatic carbocycles. The van der Waals surface area contributed by atoms with Crippen molar-refractivity contribution in [3.63, 3.8) is 0 Å². The fourth-order valence-corrected chi connectivity index (χ4v) is 4.12. The number of rotatable bonds is 5. The molecule has 0 bridgehead atoms. The van der Waals surface area contributed by atoms with Gasteiger partial charge in [0.05, 0.1) is 6.61 Å². The molecule has 0 spiro atoms. The molecule has 0 aromatic rings. The van der Waals surface area contributed by atoms with E-state index >= 15 is 0 Å². The zero-order chi connectivity index (χ0) is 10.5. The molecule has 0 saturated heterocycles. The highest BCUT2D eigenvalue weighted by Crippen LogP contribution is 2.50. The zero-order valence-electron chi connectivity index (χ0n) is 8.22. The molecule has 1 atom stereocenters. The maximum atomic E-state index is 11.5. The topological polar surface area (TPSA) is 43.4 Å². The summed E-state index contributed by atoms with van der Waals surface area (Å²) >= 11 is 3.03. The Morgan fingerprint density at radius 2 is 1.85 bits per heavy atom. The van der Waals surface area contributed by atoms with Gasteiger partial charge in [-0.05, 0) is 35.3 Å². The third kappa shape index (κ3) is 2.81. The maximum absolute atomic E-state index is 11.5. The van der Waals surface area contributed by atoms with Gasteiger partial charge >= 0.3 is 5.97 Å². The summed E-state index contributed by atoms with van der Waals surface area (Å²) in [7, 11) is 0. The molecule has 0 heterocycles. The number of hydrogen-bond acceptors (Lipinski definition) is 3. The SMILES string of the molecule is CCOC(=O)C(CC)(CC)[PH](=O)Br. The minimum absolute atomic E-state index is 0.336. The average Bonchev–Trinajstić information content (AvgIpc) is 2.07. The first kappa shape index (κ1) is 13.2. The molecule has 0 rings (SSSR count). The van der Waals surface area contributed by atoms with E-state index in [9.17, 15) is 9.36 Å². The van der Waals surface area contributed by atoms with Crippen LogP contribution in [0.5, 0.6) is 0 Å². The number of esters is 1. The summed E-state index contributed by atoms with van der Waals surface area (Å²) in [6.07, 6.45) is 1.09. The molecule has 0 aliphatic rings. The zero-order valence-corrected chi connectivity index (χ0v) is 10.8. The van der Waals surface area contributed by atoms with E-state index in [1.807, 2.05) is 13.8 Å². The summed E-state index contributed by atoms with van der Waals surface area (Å²) in [4.78, 5) is 11.5. The molecule has 0 N–H and O–H groups in total. The van der Waals surface area contributed by atoms with Crippen LogP contribution in [0.2, 0.25) is 0 Å². The normalized spacial score (nSPS) is 13.8. The van der Waals surface area contributed by atoms with Crippen molar-refractivity contribution in [1.29, 1.82) is 0 Å². The van der Waals surface area contributed by atoms with Crippen LogP contribution in [0.25, 0.3) is 0 Å². The van der Waals surface area contributed by atoms with Crippen LogP contribution in [0.4, 0.5) is 0 Å². The molecule has 5 heteroatoms. The lowest BCUT2D eigenvalue weighted by atomic mass is 10.0. The van der Waals surface area contributed by atoms with Crippen molar-refractivity contribution in [2.24, 2.45) is 0 Å². The molecule has 0 saturated carbocycles. The van der Waals surface area contributed by atoms with Gasteiger partial charge in [-0.25, -0.2) is 0 Å². The molecule has 78 valence electrons. The van der Waals surface area contributed by atoms with Gasteiger partial charge in [0.25, 0.3) is 0 Å². The van der Waals surface area contributed by atoms with E-state index in [1.165, 1.54) is 0 Å². The van der Waals surface area contributed by atoms with E-state index in [-0.39, 0.29) is 5.97 Å². The number of carbonyl (C=O) groups excluding carboxylic acids is 1. The van der Waals surface area contributed by atoms with E-state index in [4.69, 9.17) is 4.74 Å². The van der Waals surface area contributed by atoms with Crippen molar-refractivity contribution in [2.75, 3.05) is 6.61 Å². The van der Waals surface area contributed by atoms with Gasteiger partial charge in [0.1, 0.15) is 5.16 Å². The summed E-state index contributed by atoms with van der Waals surface area (Å²) < 4.78 is 16.4. The summed E-state index contributed by atoms with van der Waals surface area (Å²) in [6, 6.07) is 0. The Morgan fingerprint density at radius 3 is 2.08 bits per heavy atom. The highest BCUT2D eigenvalue weighted by Gasteiger charge is 2.41. The van der Waals surface area contributed by atoms with Gasteiger partial charge in [-0.1, -0.05) is 13.8 Å². The van der Waals surface area contributed by atoms with Crippen LogP contribution >= 0.6 is 22.0 Å². The van der Waals surface area contributed by atoms with E-state index < -0.39 is 11.7 Å². The first-order chi connectivity index (χ1) is 6.05. The van der Waals surface area contributed by atoms with Crippen molar-refractivity contribution >= 4 is 28.0 Å². The van der Waals surface area contributed by atoms with Gasteiger partial charge in [0.15, 0.2) is 6.50 Å². The number of carbonyl (C=O) groups is 1. The van der Waals surface area contributed by atoms with Crippen molar-refractivity contribution in [2.45, 2.75) is 38.8 Å². The van der Waals surface area contributed by atoms with E-state index in [1.54, 1.807) is 6.92 Å². The predicted octanol–water partition coefficient (Wildman–Crippen LogP) is 2.98. The van der Waals surface area contributed by atoms with Gasteiger partial charge in [0.2, 0.25) is 0 Å². The van der Waals surface area contributed by atoms with Crippen LogP contribution in [-0.2, 0) is 14.1 Å². The third-order valence-corrected chi connectivity index (χ3v) is 6.19. The van der Waals surface area contributed by atoms with Crippen LogP contribution in [0.15, 0.2) is 0 Å². The van der Waals surface area contributed by atoms with E-state index in [2.05, 4.69) is 15.5 Å². The first-order valence-corrected chi connectivity index (χ1v) is 8.08. The molecule has 0 fully saturated rings.